The van der Waals surface area contributed by atoms with E-state index in [1.165, 1.54) is 28.0 Å². The molecule has 1 aliphatic rings. The van der Waals surface area contributed by atoms with Crippen molar-refractivity contribution in [3.05, 3.63) is 106 Å². The van der Waals surface area contributed by atoms with Crippen LogP contribution in [0.1, 0.15) is 29.7 Å². The van der Waals surface area contributed by atoms with E-state index < -0.39 is 17.7 Å². The number of Topliss-reactive ketones (excluding diaryl/α,β-unsaturated/α-hetero) is 1. The molecular formula is C28H22ClN3O4S2. The van der Waals surface area contributed by atoms with Crippen LogP contribution < -0.4 is 9.64 Å². The lowest BCUT2D eigenvalue weighted by Crippen LogP contribution is -2.29. The van der Waals surface area contributed by atoms with Crippen LogP contribution in [0, 0.1) is 0 Å². The zero-order valence-corrected chi connectivity index (χ0v) is 22.6. The quantitative estimate of drug-likeness (QED) is 0.0858. The third-order valence-electron chi connectivity index (χ3n) is 5.91. The van der Waals surface area contributed by atoms with Gasteiger partial charge in [-0.25, -0.2) is 0 Å². The van der Waals surface area contributed by atoms with Gasteiger partial charge in [0.05, 0.1) is 18.2 Å². The number of halogens is 1. The Bertz CT molecular complexity index is 1510. The second kappa shape index (κ2) is 11.4. The van der Waals surface area contributed by atoms with Crippen molar-refractivity contribution in [3.8, 4) is 5.75 Å². The molecule has 1 unspecified atom stereocenters. The number of hydrogen-bond donors (Lipinski definition) is 1. The lowest BCUT2D eigenvalue weighted by Gasteiger charge is -2.22. The summed E-state index contributed by atoms with van der Waals surface area (Å²) in [6.07, 6.45) is 0. The molecular weight excluding hydrogens is 542 g/mol. The van der Waals surface area contributed by atoms with Gasteiger partial charge in [0.25, 0.3) is 5.78 Å². The molecule has 10 heteroatoms. The molecule has 3 aromatic carbocycles. The molecule has 1 aromatic heterocycles. The van der Waals surface area contributed by atoms with Crippen LogP contribution in [0.15, 0.2) is 88.8 Å². The molecule has 5 rings (SSSR count). The average Bonchev–Trinajstić information content (AvgIpc) is 3.51. The topological polar surface area (TPSA) is 92.6 Å². The van der Waals surface area contributed by atoms with Crippen molar-refractivity contribution in [3.63, 3.8) is 0 Å². The molecule has 0 radical (unpaired) electrons. The maximum absolute atomic E-state index is 13.4. The third kappa shape index (κ3) is 5.18. The van der Waals surface area contributed by atoms with Crippen molar-refractivity contribution in [1.29, 1.82) is 0 Å². The van der Waals surface area contributed by atoms with E-state index in [9.17, 15) is 14.7 Å². The molecule has 1 amide bonds. The molecule has 0 spiro atoms. The Morgan fingerprint density at radius 1 is 1.03 bits per heavy atom. The lowest BCUT2D eigenvalue weighted by atomic mass is 9.95. The number of carbonyl (C=O) groups excluding carboxylic acids is 2. The number of anilines is 1. The van der Waals surface area contributed by atoms with E-state index in [0.29, 0.717) is 38.6 Å². The van der Waals surface area contributed by atoms with Crippen molar-refractivity contribution < 1.29 is 19.4 Å². The normalized spacial score (nSPS) is 16.7. The van der Waals surface area contributed by atoms with Crippen molar-refractivity contribution in [2.24, 2.45) is 0 Å². The smallest absolute Gasteiger partial charge is 0.301 e. The Hall–Kier alpha value is -3.66. The minimum atomic E-state index is -0.889. The van der Waals surface area contributed by atoms with E-state index in [0.717, 1.165) is 5.56 Å². The minimum Gasteiger partial charge on any atom is -0.507 e. The Morgan fingerprint density at radius 2 is 1.74 bits per heavy atom. The van der Waals surface area contributed by atoms with Gasteiger partial charge in [0.1, 0.15) is 11.5 Å². The predicted molar refractivity (Wildman–Crippen MR) is 150 cm³/mol. The molecule has 4 aromatic rings. The molecule has 192 valence electrons. The van der Waals surface area contributed by atoms with Gasteiger partial charge in [-0.2, -0.15) is 0 Å². The molecule has 0 saturated carbocycles. The summed E-state index contributed by atoms with van der Waals surface area (Å²) in [5, 5.41) is 20.6. The van der Waals surface area contributed by atoms with Crippen molar-refractivity contribution in [2.45, 2.75) is 23.1 Å². The Kier molecular flexibility index (Phi) is 7.78. The first-order valence-corrected chi connectivity index (χ1v) is 13.9. The summed E-state index contributed by atoms with van der Waals surface area (Å²) in [7, 11) is 0. The van der Waals surface area contributed by atoms with Gasteiger partial charge in [-0.05, 0) is 36.2 Å². The van der Waals surface area contributed by atoms with Crippen LogP contribution in [0.4, 0.5) is 5.13 Å². The number of ether oxygens (including phenoxy) is 1. The molecule has 1 fully saturated rings. The number of benzene rings is 3. The minimum absolute atomic E-state index is 0.00849. The predicted octanol–water partition coefficient (Wildman–Crippen LogP) is 6.51. The first kappa shape index (κ1) is 26.0. The van der Waals surface area contributed by atoms with E-state index in [1.807, 2.05) is 37.3 Å². The summed E-state index contributed by atoms with van der Waals surface area (Å²) in [5.74, 6) is -0.580. The standard InChI is InChI=1S/C28H22ClN3O4S2/c1-2-36-20-14-12-17(13-15-20)23-22(24(33)18-8-4-3-5-9-18)25(34)26(35)32(23)27-30-31-28(38-27)37-16-19-10-6-7-11-21(19)29/h3-15,23,33H,2,16H2,1H3/b24-22-. The number of ketones is 1. The molecule has 0 aliphatic carbocycles. The van der Waals surface area contributed by atoms with Gasteiger partial charge in [0.2, 0.25) is 5.13 Å². The van der Waals surface area contributed by atoms with Gasteiger partial charge in [0.15, 0.2) is 4.34 Å². The van der Waals surface area contributed by atoms with Gasteiger partial charge in [-0.3, -0.25) is 14.5 Å². The number of thioether (sulfide) groups is 1. The highest BCUT2D eigenvalue weighted by Gasteiger charge is 2.48. The number of carbonyl (C=O) groups is 2. The molecule has 1 aliphatic heterocycles. The maximum atomic E-state index is 13.4. The number of aliphatic hydroxyl groups excluding tert-OH is 1. The zero-order valence-electron chi connectivity index (χ0n) is 20.2. The first-order chi connectivity index (χ1) is 18.5. The summed E-state index contributed by atoms with van der Waals surface area (Å²) < 4.78 is 6.18. The van der Waals surface area contributed by atoms with E-state index >= 15 is 0 Å². The van der Waals surface area contributed by atoms with Gasteiger partial charge < -0.3 is 9.84 Å². The zero-order chi connectivity index (χ0) is 26.6. The summed E-state index contributed by atoms with van der Waals surface area (Å²) >= 11 is 8.91. The molecule has 1 N–H and O–H groups in total. The number of aliphatic hydroxyl groups is 1. The van der Waals surface area contributed by atoms with E-state index in [4.69, 9.17) is 16.3 Å². The molecule has 1 atom stereocenters. The van der Waals surface area contributed by atoms with Crippen LogP contribution >= 0.6 is 34.7 Å². The fraction of sp³-hybridized carbons (Fsp3) is 0.143. The third-order valence-corrected chi connectivity index (χ3v) is 8.38. The van der Waals surface area contributed by atoms with Crippen LogP contribution in [0.2, 0.25) is 5.02 Å². The number of nitrogens with zero attached hydrogens (tertiary/aromatic N) is 3. The first-order valence-electron chi connectivity index (χ1n) is 11.8. The molecule has 0 bridgehead atoms. The monoisotopic (exact) mass is 563 g/mol. The van der Waals surface area contributed by atoms with Gasteiger partial charge in [-0.15, -0.1) is 10.2 Å². The largest absolute Gasteiger partial charge is 0.507 e. The molecule has 7 nitrogen and oxygen atoms in total. The Labute approximate surface area is 232 Å². The van der Waals surface area contributed by atoms with Gasteiger partial charge >= 0.3 is 5.91 Å². The van der Waals surface area contributed by atoms with Crippen LogP contribution in [-0.4, -0.2) is 33.6 Å². The summed E-state index contributed by atoms with van der Waals surface area (Å²) in [6.45, 7) is 2.39. The number of hydrogen-bond acceptors (Lipinski definition) is 8. The molecule has 38 heavy (non-hydrogen) atoms. The van der Waals surface area contributed by atoms with Crippen LogP contribution in [-0.2, 0) is 15.3 Å². The molecule has 2 heterocycles. The number of aromatic nitrogens is 2. The summed E-state index contributed by atoms with van der Waals surface area (Å²) in [4.78, 5) is 28.0. The second-order valence-corrected chi connectivity index (χ2v) is 10.9. The van der Waals surface area contributed by atoms with E-state index in [1.54, 1.807) is 48.5 Å². The summed E-state index contributed by atoms with van der Waals surface area (Å²) in [5.41, 5.74) is 2.01. The highest BCUT2D eigenvalue weighted by atomic mass is 35.5. The van der Waals surface area contributed by atoms with Gasteiger partial charge in [0, 0.05) is 16.3 Å². The maximum Gasteiger partial charge on any atom is 0.301 e. The van der Waals surface area contributed by atoms with E-state index in [-0.39, 0.29) is 16.5 Å². The van der Waals surface area contributed by atoms with Crippen molar-refractivity contribution in [2.75, 3.05) is 11.5 Å². The lowest BCUT2D eigenvalue weighted by molar-refractivity contribution is -0.132. The van der Waals surface area contributed by atoms with Crippen molar-refractivity contribution >= 4 is 57.3 Å². The second-order valence-electron chi connectivity index (χ2n) is 8.27. The van der Waals surface area contributed by atoms with Crippen LogP contribution in [0.25, 0.3) is 5.76 Å². The fourth-order valence-electron chi connectivity index (χ4n) is 4.12. The highest BCUT2D eigenvalue weighted by molar-refractivity contribution is 8.00. The van der Waals surface area contributed by atoms with Crippen molar-refractivity contribution in [1.82, 2.24) is 10.2 Å². The molecule has 1 saturated heterocycles. The highest BCUT2D eigenvalue weighted by Crippen LogP contribution is 2.44. The van der Waals surface area contributed by atoms with Crippen LogP contribution in [0.5, 0.6) is 5.75 Å². The fourth-order valence-corrected chi connectivity index (χ4v) is 6.28. The summed E-state index contributed by atoms with van der Waals surface area (Å²) in [6, 6.07) is 22.4. The van der Waals surface area contributed by atoms with Gasteiger partial charge in [-0.1, -0.05) is 95.4 Å². The van der Waals surface area contributed by atoms with E-state index in [2.05, 4.69) is 10.2 Å². The Morgan fingerprint density at radius 3 is 2.45 bits per heavy atom. The average molecular weight is 564 g/mol. The SMILES string of the molecule is CCOc1ccc(C2/C(=C(/O)c3ccccc3)C(=O)C(=O)N2c2nnc(SCc3ccccc3Cl)s2)cc1. The van der Waals surface area contributed by atoms with Crippen LogP contribution in [0.3, 0.4) is 0 Å². The Balaban J connectivity index is 1.53. The number of rotatable bonds is 8. The number of amides is 1.